The van der Waals surface area contributed by atoms with Gasteiger partial charge in [-0.05, 0) is 48.0 Å². The van der Waals surface area contributed by atoms with E-state index in [0.29, 0.717) is 10.5 Å². The summed E-state index contributed by atoms with van der Waals surface area (Å²) in [6.45, 7) is 2.05. The summed E-state index contributed by atoms with van der Waals surface area (Å²) in [5.41, 5.74) is 5.08. The number of fused-ring (bicyclic) bond motifs is 1. The van der Waals surface area contributed by atoms with Crippen molar-refractivity contribution in [3.63, 3.8) is 0 Å². The van der Waals surface area contributed by atoms with E-state index in [1.807, 2.05) is 84.4 Å². The lowest BCUT2D eigenvalue weighted by molar-refractivity contribution is 0.688. The maximum Gasteiger partial charge on any atom is 0.182 e. The molecule has 4 aromatic rings. The van der Waals surface area contributed by atoms with Gasteiger partial charge in [-0.15, -0.1) is 0 Å². The fraction of sp³-hybridized carbons (Fsp3) is 0.0870. The highest BCUT2D eigenvalue weighted by molar-refractivity contribution is 7.94. The maximum atomic E-state index is 13.3. The van der Waals surface area contributed by atoms with Gasteiger partial charge in [-0.2, -0.15) is 0 Å². The number of benzene rings is 3. The van der Waals surface area contributed by atoms with Crippen LogP contribution >= 0.6 is 12.2 Å². The van der Waals surface area contributed by atoms with Crippen molar-refractivity contribution in [2.45, 2.75) is 12.7 Å². The third-order valence-corrected chi connectivity index (χ3v) is 6.29. The molecule has 0 unspecified atom stereocenters. The number of aromatic nitrogens is 2. The van der Waals surface area contributed by atoms with Gasteiger partial charge < -0.3 is 4.98 Å². The van der Waals surface area contributed by atoms with Crippen LogP contribution in [-0.2, 0) is 16.6 Å². The van der Waals surface area contributed by atoms with Gasteiger partial charge in [-0.1, -0.05) is 66.7 Å². The Labute approximate surface area is 171 Å². The molecule has 4 rings (SSSR count). The molecular formula is C23H20N2OS2. The van der Waals surface area contributed by atoms with Crippen molar-refractivity contribution < 1.29 is 4.21 Å². The minimum Gasteiger partial charge on any atom is -0.330 e. The number of hydrogen-bond acceptors (Lipinski definition) is 2. The van der Waals surface area contributed by atoms with E-state index in [1.54, 1.807) is 0 Å². The quantitative estimate of drug-likeness (QED) is 0.420. The number of nitrogens with zero attached hydrogens (tertiary/aromatic N) is 1. The van der Waals surface area contributed by atoms with Crippen LogP contribution in [0.25, 0.3) is 22.1 Å². The molecule has 1 heterocycles. The predicted octanol–water partition coefficient (Wildman–Crippen LogP) is 5.91. The highest BCUT2D eigenvalue weighted by atomic mass is 32.2. The zero-order chi connectivity index (χ0) is 19.5. The van der Waals surface area contributed by atoms with E-state index >= 15 is 0 Å². The van der Waals surface area contributed by atoms with Gasteiger partial charge in [0.1, 0.15) is 0 Å². The van der Waals surface area contributed by atoms with E-state index < -0.39 is 10.8 Å². The van der Waals surface area contributed by atoms with Crippen LogP contribution < -0.4 is 0 Å². The van der Waals surface area contributed by atoms with Gasteiger partial charge in [0.25, 0.3) is 0 Å². The molecule has 0 aliphatic carbocycles. The lowest BCUT2D eigenvalue weighted by Gasteiger charge is -2.09. The third kappa shape index (κ3) is 3.91. The molecule has 0 spiro atoms. The van der Waals surface area contributed by atoms with E-state index in [0.717, 1.165) is 32.6 Å². The smallest absolute Gasteiger partial charge is 0.182 e. The van der Waals surface area contributed by atoms with E-state index in [1.165, 1.54) is 0 Å². The van der Waals surface area contributed by atoms with Crippen LogP contribution in [0.4, 0.5) is 0 Å². The molecule has 3 aromatic carbocycles. The van der Waals surface area contributed by atoms with Crippen LogP contribution in [-0.4, -0.2) is 13.8 Å². The predicted molar refractivity (Wildman–Crippen MR) is 121 cm³/mol. The van der Waals surface area contributed by atoms with E-state index in [2.05, 4.69) is 17.1 Å². The first-order valence-electron chi connectivity index (χ1n) is 9.02. The highest BCUT2D eigenvalue weighted by Crippen LogP contribution is 2.25. The first kappa shape index (κ1) is 18.6. The summed E-state index contributed by atoms with van der Waals surface area (Å²) in [4.78, 5) is 4.00. The Hall–Kier alpha value is -2.76. The standard InChI is InChI=1S/C23H20N2OS2/c1-17-12-13-21-20(14-17)24-23(27)25(21)15-22(19-10-6-3-7-11-19)28(26)16-18-8-4-2-5-9-18/h2-15H,16H2,1H3,(H,24,27)/b22-15+/t28-/m1/s1. The van der Waals surface area contributed by atoms with Gasteiger partial charge in [0.2, 0.25) is 0 Å². The third-order valence-electron chi connectivity index (χ3n) is 4.56. The van der Waals surface area contributed by atoms with E-state index in [4.69, 9.17) is 12.2 Å². The molecule has 0 amide bonds. The number of imidazole rings is 1. The monoisotopic (exact) mass is 404 g/mol. The normalized spacial score (nSPS) is 13.0. The molecule has 1 atom stereocenters. The molecule has 0 fully saturated rings. The number of hydrogen-bond donors (Lipinski definition) is 1. The van der Waals surface area contributed by atoms with Crippen LogP contribution in [0.1, 0.15) is 16.7 Å². The SMILES string of the molecule is Cc1ccc2c(c1)[nH]c(=S)n2/C=C(\c1ccccc1)[S@](=O)Cc1ccccc1. The Balaban J connectivity index is 1.83. The van der Waals surface area contributed by atoms with E-state index in [-0.39, 0.29) is 0 Å². The summed E-state index contributed by atoms with van der Waals surface area (Å²) < 4.78 is 15.8. The number of aryl methyl sites for hydroxylation is 1. The first-order valence-corrected chi connectivity index (χ1v) is 10.7. The van der Waals surface area contributed by atoms with Gasteiger partial charge in [0, 0.05) is 6.20 Å². The first-order chi connectivity index (χ1) is 13.6. The summed E-state index contributed by atoms with van der Waals surface area (Å²) in [5.74, 6) is 0.455. The van der Waals surface area contributed by atoms with Crippen molar-refractivity contribution in [3.8, 4) is 0 Å². The number of aromatic amines is 1. The minimum atomic E-state index is -1.22. The average Bonchev–Trinajstić information content (AvgIpc) is 3.01. The summed E-state index contributed by atoms with van der Waals surface area (Å²) in [5, 5.41) is 0. The zero-order valence-corrected chi connectivity index (χ0v) is 17.1. The van der Waals surface area contributed by atoms with Crippen LogP contribution in [0, 0.1) is 11.7 Å². The fourth-order valence-electron chi connectivity index (χ4n) is 3.16. The van der Waals surface area contributed by atoms with E-state index in [9.17, 15) is 4.21 Å². The zero-order valence-electron chi connectivity index (χ0n) is 15.5. The molecule has 0 radical (unpaired) electrons. The Morgan fingerprint density at radius 2 is 1.71 bits per heavy atom. The van der Waals surface area contributed by atoms with Gasteiger partial charge in [-0.25, -0.2) is 0 Å². The van der Waals surface area contributed by atoms with Crippen molar-refractivity contribution in [3.05, 3.63) is 100 Å². The molecular weight excluding hydrogens is 384 g/mol. The fourth-order valence-corrected chi connectivity index (χ4v) is 4.69. The molecule has 140 valence electrons. The second-order valence-corrected chi connectivity index (χ2v) is 8.46. The number of nitrogens with one attached hydrogen (secondary N) is 1. The lowest BCUT2D eigenvalue weighted by atomic mass is 10.2. The molecule has 0 bridgehead atoms. The summed E-state index contributed by atoms with van der Waals surface area (Å²) in [6, 6.07) is 25.9. The molecule has 1 aromatic heterocycles. The van der Waals surface area contributed by atoms with Crippen LogP contribution in [0.15, 0.2) is 78.9 Å². The van der Waals surface area contributed by atoms with Gasteiger partial charge in [0.05, 0.1) is 32.5 Å². The second kappa shape index (κ2) is 8.09. The van der Waals surface area contributed by atoms with Gasteiger partial charge >= 0.3 is 0 Å². The number of rotatable bonds is 5. The molecule has 5 heteroatoms. The highest BCUT2D eigenvalue weighted by Gasteiger charge is 2.13. The van der Waals surface area contributed by atoms with Crippen molar-refractivity contribution >= 4 is 45.2 Å². The van der Waals surface area contributed by atoms with Crippen LogP contribution in [0.5, 0.6) is 0 Å². The summed E-state index contributed by atoms with van der Waals surface area (Å²) in [6.07, 6.45) is 1.91. The van der Waals surface area contributed by atoms with Crippen molar-refractivity contribution in [1.29, 1.82) is 0 Å². The largest absolute Gasteiger partial charge is 0.330 e. The Morgan fingerprint density at radius 3 is 2.43 bits per heavy atom. The molecule has 0 aliphatic heterocycles. The Kier molecular flexibility index (Phi) is 5.37. The molecule has 0 saturated carbocycles. The topological polar surface area (TPSA) is 37.8 Å². The van der Waals surface area contributed by atoms with Crippen molar-refractivity contribution in [1.82, 2.24) is 9.55 Å². The average molecular weight is 405 g/mol. The van der Waals surface area contributed by atoms with Gasteiger partial charge in [-0.3, -0.25) is 8.78 Å². The van der Waals surface area contributed by atoms with Crippen molar-refractivity contribution in [2.24, 2.45) is 0 Å². The molecule has 0 aliphatic rings. The molecule has 3 nitrogen and oxygen atoms in total. The minimum absolute atomic E-state index is 0.455. The summed E-state index contributed by atoms with van der Waals surface area (Å²) in [7, 11) is -1.22. The maximum absolute atomic E-state index is 13.3. The van der Waals surface area contributed by atoms with Crippen LogP contribution in [0.3, 0.4) is 0 Å². The number of H-pyrrole nitrogens is 1. The Morgan fingerprint density at radius 1 is 1.04 bits per heavy atom. The molecule has 28 heavy (non-hydrogen) atoms. The second-order valence-electron chi connectivity index (χ2n) is 6.66. The van der Waals surface area contributed by atoms with Crippen LogP contribution in [0.2, 0.25) is 0 Å². The lowest BCUT2D eigenvalue weighted by Crippen LogP contribution is -2.01. The Bertz CT molecular complexity index is 1220. The van der Waals surface area contributed by atoms with Crippen molar-refractivity contribution in [2.75, 3.05) is 0 Å². The molecule has 0 saturated heterocycles. The summed E-state index contributed by atoms with van der Waals surface area (Å²) >= 11 is 5.54. The van der Waals surface area contributed by atoms with Gasteiger partial charge in [0.15, 0.2) is 4.77 Å². The molecule has 1 N–H and O–H groups in total.